The molecule has 20 nitrogen and oxygen atoms in total. The fourth-order valence-electron chi connectivity index (χ4n) is 6.35. The van der Waals surface area contributed by atoms with Crippen LogP contribution in [0, 0.1) is 0 Å². The number of hydrogen-bond donors (Lipinski definition) is 7. The molecule has 392 valence electrons. The number of benzene rings is 2. The van der Waals surface area contributed by atoms with Gasteiger partial charge >= 0.3 is 12.2 Å². The maximum absolute atomic E-state index is 13.2. The summed E-state index contributed by atoms with van der Waals surface area (Å²) in [6.45, 7) is 27.2. The van der Waals surface area contributed by atoms with Crippen LogP contribution in [-0.2, 0) is 39.1 Å². The Bertz CT molecular complexity index is 2760. The minimum atomic E-state index is -3.89. The molecule has 25 heteroatoms. The zero-order valence-corrected chi connectivity index (χ0v) is 47.4. The molecule has 2 aliphatic rings. The smallest absolute Gasteiger partial charge is 0.407 e. The van der Waals surface area contributed by atoms with Crippen LogP contribution in [0.5, 0.6) is 0 Å². The maximum Gasteiger partial charge on any atom is 0.407 e. The first-order valence-corrected chi connectivity index (χ1v) is 27.8. The highest BCUT2D eigenvalue weighted by molar-refractivity contribution is 9.11. The number of thiazole rings is 2. The molecule has 0 saturated carbocycles. The molecule has 71 heavy (non-hydrogen) atoms. The summed E-state index contributed by atoms with van der Waals surface area (Å²) in [5.41, 5.74) is -0.453. The molecule has 2 aromatic heterocycles. The van der Waals surface area contributed by atoms with Gasteiger partial charge in [-0.25, -0.2) is 45.8 Å². The van der Waals surface area contributed by atoms with Crippen LogP contribution in [0.4, 0.5) is 26.1 Å². The number of carbonyl (C=O) groups is 4. The van der Waals surface area contributed by atoms with E-state index < -0.39 is 48.4 Å². The Morgan fingerprint density at radius 1 is 0.648 bits per heavy atom. The van der Waals surface area contributed by atoms with Crippen LogP contribution in [-0.4, -0.2) is 111 Å². The minimum Gasteiger partial charge on any atom is -0.444 e. The first kappa shape index (κ1) is 58.8. The highest BCUT2D eigenvalue weighted by atomic mass is 79.9. The quantitative estimate of drug-likeness (QED) is 0.0761. The second-order valence-corrected chi connectivity index (χ2v) is 27.3. The molecule has 2 aromatic carbocycles. The van der Waals surface area contributed by atoms with Crippen LogP contribution < -0.4 is 40.9 Å². The topological polar surface area (TPSA) is 268 Å². The number of ether oxygens (including phenoxy) is 2. The number of halogens is 1. The monoisotopic (exact) mass is 1130 g/mol. The van der Waals surface area contributed by atoms with Gasteiger partial charge in [0.05, 0.1) is 31.6 Å². The van der Waals surface area contributed by atoms with Gasteiger partial charge in [0.2, 0.25) is 31.9 Å². The summed E-state index contributed by atoms with van der Waals surface area (Å²) in [7, 11) is -7.68. The molecule has 0 radical (unpaired) electrons. The summed E-state index contributed by atoms with van der Waals surface area (Å²) >= 11 is 5.98. The summed E-state index contributed by atoms with van der Waals surface area (Å²) in [4.78, 5) is 58.0. The number of nitrogens with zero attached hydrogens (tertiary/aromatic N) is 3. The Hall–Kier alpha value is -4.76. The normalized spacial score (nSPS) is 14.5. The lowest BCUT2D eigenvalue weighted by Gasteiger charge is -2.39. The molecule has 0 atom stereocenters. The van der Waals surface area contributed by atoms with Crippen molar-refractivity contribution >= 4 is 99.2 Å². The van der Waals surface area contributed by atoms with Gasteiger partial charge in [0, 0.05) is 86.0 Å². The molecule has 6 rings (SSSR count). The Balaban J connectivity index is 0.000000261. The highest BCUT2D eigenvalue weighted by Gasteiger charge is 2.33. The first-order chi connectivity index (χ1) is 32.5. The van der Waals surface area contributed by atoms with Gasteiger partial charge in [0.1, 0.15) is 11.2 Å². The van der Waals surface area contributed by atoms with Crippen LogP contribution in [0.15, 0.2) is 62.5 Å². The standard InChI is InChI=1S/C23H33N5O5S2.C15H18BrN3O3S2.C8H16N2O2/c1-14(29)25-15-8-9-17(19(10-15)35(31,32)27-22(2,3)4)18-11-24-20(34-18)28-12-16(13-28)26-21(30)33-23(5,6)7;1-9(20)18-10-5-6-11(12-8-17-14(16)23-12)13(7-10)24(21,22)19-15(2,3)4;1-8(2,3)12-7(11)10-6-4-9-5-6/h8-11,16,27H,12-13H2,1-7H3,(H,25,29)(H,26,30);5-8,19H,1-4H3,(H,18,20);6,9H,4-5H2,1-3H3,(H,10,11). The van der Waals surface area contributed by atoms with E-state index in [9.17, 15) is 36.0 Å². The molecule has 2 saturated heterocycles. The second kappa shape index (κ2) is 23.4. The van der Waals surface area contributed by atoms with Crippen LogP contribution in [0.1, 0.15) is 96.9 Å². The third-order valence-electron chi connectivity index (χ3n) is 8.94. The average Bonchev–Trinajstić information content (AvgIpc) is 3.81. The summed E-state index contributed by atoms with van der Waals surface area (Å²) in [5, 5.41) is 14.6. The number of rotatable bonds is 11. The molecular formula is C46H67BrN10O10S4. The van der Waals surface area contributed by atoms with Crippen LogP contribution in [0.2, 0.25) is 0 Å². The molecule has 4 aromatic rings. The Kier molecular flexibility index (Phi) is 19.4. The molecule has 2 aliphatic heterocycles. The lowest BCUT2D eigenvalue weighted by molar-refractivity contribution is -0.115. The van der Waals surface area contributed by atoms with E-state index in [4.69, 9.17) is 9.47 Å². The predicted octanol–water partition coefficient (Wildman–Crippen LogP) is 7.65. The van der Waals surface area contributed by atoms with Crippen molar-refractivity contribution in [3.8, 4) is 20.9 Å². The summed E-state index contributed by atoms with van der Waals surface area (Å²) in [6.07, 6.45) is 2.47. The van der Waals surface area contributed by atoms with Gasteiger partial charge in [-0.1, -0.05) is 23.5 Å². The number of nitrogens with one attached hydrogen (secondary N) is 7. The highest BCUT2D eigenvalue weighted by Crippen LogP contribution is 2.38. The number of amides is 4. The zero-order chi connectivity index (χ0) is 53.5. The minimum absolute atomic E-state index is 0.0546. The molecule has 0 bridgehead atoms. The fraction of sp³-hybridized carbons (Fsp3) is 0.522. The number of anilines is 3. The second-order valence-electron chi connectivity index (χ2n) is 20.7. The van der Waals surface area contributed by atoms with E-state index in [1.165, 1.54) is 48.7 Å². The fourth-order valence-corrected chi connectivity index (χ4v) is 12.1. The van der Waals surface area contributed by atoms with Crippen molar-refractivity contribution in [3.05, 3.63) is 52.7 Å². The number of carbonyl (C=O) groups excluding carboxylic acids is 4. The predicted molar refractivity (Wildman–Crippen MR) is 283 cm³/mol. The molecule has 0 unspecified atom stereocenters. The van der Waals surface area contributed by atoms with Gasteiger partial charge in [-0.2, -0.15) is 0 Å². The zero-order valence-electron chi connectivity index (χ0n) is 42.5. The van der Waals surface area contributed by atoms with Gasteiger partial charge in [-0.05, 0) is 123 Å². The van der Waals surface area contributed by atoms with Gasteiger partial charge in [-0.3, -0.25) is 9.59 Å². The molecule has 4 amide bonds. The van der Waals surface area contributed by atoms with Crippen LogP contribution in [0.25, 0.3) is 20.9 Å². The van der Waals surface area contributed by atoms with Gasteiger partial charge in [0.25, 0.3) is 0 Å². The van der Waals surface area contributed by atoms with E-state index in [0.717, 1.165) is 18.2 Å². The van der Waals surface area contributed by atoms with Crippen molar-refractivity contribution in [3.63, 3.8) is 0 Å². The van der Waals surface area contributed by atoms with Crippen LogP contribution >= 0.6 is 38.6 Å². The van der Waals surface area contributed by atoms with Crippen molar-refractivity contribution in [1.29, 1.82) is 0 Å². The van der Waals surface area contributed by atoms with Crippen molar-refractivity contribution in [2.45, 2.75) is 141 Å². The number of hydrogen-bond acceptors (Lipinski definition) is 16. The Morgan fingerprint density at radius 2 is 1.06 bits per heavy atom. The molecule has 7 N–H and O–H groups in total. The van der Waals surface area contributed by atoms with E-state index in [2.05, 4.69) is 61.9 Å². The summed E-state index contributed by atoms with van der Waals surface area (Å²) in [6, 6.07) is 9.77. The summed E-state index contributed by atoms with van der Waals surface area (Å²) in [5.74, 6) is -0.562. The Labute approximate surface area is 433 Å². The number of sulfonamides is 2. The van der Waals surface area contributed by atoms with E-state index >= 15 is 0 Å². The van der Waals surface area contributed by atoms with E-state index in [-0.39, 0.29) is 39.8 Å². The molecule has 4 heterocycles. The molecular weight excluding hydrogens is 1060 g/mol. The third-order valence-corrected chi connectivity index (χ3v) is 15.1. The summed E-state index contributed by atoms with van der Waals surface area (Å²) < 4.78 is 68.5. The van der Waals surface area contributed by atoms with E-state index in [1.807, 2.05) is 46.4 Å². The van der Waals surface area contributed by atoms with Gasteiger partial charge < -0.3 is 41.0 Å². The first-order valence-electron chi connectivity index (χ1n) is 22.4. The Morgan fingerprint density at radius 3 is 1.41 bits per heavy atom. The van der Waals surface area contributed by atoms with Crippen molar-refractivity contribution in [2.24, 2.45) is 0 Å². The largest absolute Gasteiger partial charge is 0.444 e. The van der Waals surface area contributed by atoms with Crippen molar-refractivity contribution < 1.29 is 45.5 Å². The number of alkyl carbamates (subject to hydrolysis) is 2. The maximum atomic E-state index is 13.2. The lowest BCUT2D eigenvalue weighted by atomic mass is 10.1. The van der Waals surface area contributed by atoms with E-state index in [0.29, 0.717) is 49.3 Å². The third kappa shape index (κ3) is 19.6. The number of aromatic nitrogens is 2. The van der Waals surface area contributed by atoms with Crippen LogP contribution in [0.3, 0.4) is 0 Å². The van der Waals surface area contributed by atoms with Crippen molar-refractivity contribution in [2.75, 3.05) is 41.7 Å². The molecule has 2 fully saturated rings. The SMILES string of the molecule is CC(=O)Nc1ccc(-c2cnc(Br)s2)c(S(=O)(=O)NC(C)(C)C)c1.CC(=O)Nc1ccc(-c2cnc(N3CC(NC(=O)OC(C)(C)C)C3)s2)c(S(=O)(=O)NC(C)(C)C)c1.CC(C)(C)OC(=O)NC1CNC1. The lowest BCUT2D eigenvalue weighted by Crippen LogP contribution is -2.60. The van der Waals surface area contributed by atoms with Gasteiger partial charge in [0.15, 0.2) is 9.05 Å². The molecule has 0 aliphatic carbocycles. The van der Waals surface area contributed by atoms with Gasteiger partial charge in [-0.15, -0.1) is 11.3 Å². The average molecular weight is 1130 g/mol. The molecule has 0 spiro atoms. The van der Waals surface area contributed by atoms with Crippen molar-refractivity contribution in [1.82, 2.24) is 35.4 Å². The van der Waals surface area contributed by atoms with E-state index in [1.54, 1.807) is 78.2 Å².